The second-order valence-electron chi connectivity index (χ2n) is 2.95. The van der Waals surface area contributed by atoms with Crippen LogP contribution in [-0.4, -0.2) is 28.6 Å². The number of rotatable bonds is 6. The molecule has 7 heteroatoms. The summed E-state index contributed by atoms with van der Waals surface area (Å²) >= 11 is 5.40. The van der Waals surface area contributed by atoms with Gasteiger partial charge in [-0.1, -0.05) is 0 Å². The number of alkyl halides is 1. The molecule has 0 saturated carbocycles. The molecule has 0 aromatic carbocycles. The Labute approximate surface area is 96.6 Å². The lowest BCUT2D eigenvalue weighted by Gasteiger charge is -2.05. The third kappa shape index (κ3) is 3.32. The zero-order chi connectivity index (χ0) is 12.0. The molecule has 0 unspecified atom stereocenters. The summed E-state index contributed by atoms with van der Waals surface area (Å²) in [6.07, 6.45) is 1.49. The molecule has 0 bridgehead atoms. The Hall–Kier alpha value is -1.40. The van der Waals surface area contributed by atoms with Crippen molar-refractivity contribution < 1.29 is 9.66 Å². The second-order valence-corrected chi connectivity index (χ2v) is 3.33. The maximum absolute atomic E-state index is 11.5. The Morgan fingerprint density at radius 1 is 1.50 bits per heavy atom. The molecule has 0 aliphatic heterocycles. The average Bonchev–Trinajstić information content (AvgIpc) is 2.26. The van der Waals surface area contributed by atoms with Crippen LogP contribution < -0.4 is 5.56 Å². The van der Waals surface area contributed by atoms with Crippen molar-refractivity contribution in [2.24, 2.45) is 0 Å². The fourth-order valence-electron chi connectivity index (χ4n) is 1.16. The smallest absolute Gasteiger partial charge is 0.334 e. The maximum atomic E-state index is 11.5. The predicted molar refractivity (Wildman–Crippen MR) is 58.9 cm³/mol. The largest absolute Gasteiger partial charge is 0.378 e. The molecule has 1 rings (SSSR count). The first-order valence-electron chi connectivity index (χ1n) is 4.64. The SMILES string of the molecule is O=c1c([N+](=O)[O-])cccn1CCOCCCl. The van der Waals surface area contributed by atoms with Gasteiger partial charge in [-0.25, -0.2) is 0 Å². The lowest BCUT2D eigenvalue weighted by molar-refractivity contribution is -0.386. The third-order valence-electron chi connectivity index (χ3n) is 1.89. The van der Waals surface area contributed by atoms with Gasteiger partial charge in [-0.15, -0.1) is 11.6 Å². The second kappa shape index (κ2) is 6.24. The van der Waals surface area contributed by atoms with Gasteiger partial charge in [-0.2, -0.15) is 0 Å². The molecular weight excluding hydrogens is 236 g/mol. The van der Waals surface area contributed by atoms with E-state index in [4.69, 9.17) is 16.3 Å². The fourth-order valence-corrected chi connectivity index (χ4v) is 1.27. The number of hydrogen-bond donors (Lipinski definition) is 0. The molecule has 0 aliphatic rings. The van der Waals surface area contributed by atoms with Crippen LogP contribution in [0.4, 0.5) is 5.69 Å². The highest BCUT2D eigenvalue weighted by atomic mass is 35.5. The quantitative estimate of drug-likeness (QED) is 0.325. The molecule has 0 radical (unpaired) electrons. The summed E-state index contributed by atoms with van der Waals surface area (Å²) in [5.74, 6) is 0.379. The van der Waals surface area contributed by atoms with Crippen LogP contribution in [0.1, 0.15) is 0 Å². The Morgan fingerprint density at radius 3 is 2.88 bits per heavy atom. The van der Waals surface area contributed by atoms with Gasteiger partial charge in [0.05, 0.1) is 18.1 Å². The number of aromatic nitrogens is 1. The van der Waals surface area contributed by atoms with Crippen molar-refractivity contribution in [1.29, 1.82) is 0 Å². The highest BCUT2D eigenvalue weighted by Gasteiger charge is 2.12. The van der Waals surface area contributed by atoms with E-state index in [2.05, 4.69) is 0 Å². The molecule has 6 nitrogen and oxygen atoms in total. The number of ether oxygens (including phenoxy) is 1. The number of pyridine rings is 1. The van der Waals surface area contributed by atoms with Crippen LogP contribution in [0.25, 0.3) is 0 Å². The van der Waals surface area contributed by atoms with E-state index in [-0.39, 0.29) is 6.54 Å². The standard InChI is InChI=1S/C9H11ClN2O4/c10-3-6-16-7-5-11-4-1-2-8(9(11)13)12(14)15/h1-2,4H,3,5-7H2. The van der Waals surface area contributed by atoms with Gasteiger partial charge in [0.2, 0.25) is 0 Å². The molecule has 0 N–H and O–H groups in total. The molecule has 0 saturated heterocycles. The molecule has 0 aliphatic carbocycles. The van der Waals surface area contributed by atoms with E-state index in [1.54, 1.807) is 0 Å². The van der Waals surface area contributed by atoms with Crippen LogP contribution in [0.5, 0.6) is 0 Å². The van der Waals surface area contributed by atoms with Crippen molar-refractivity contribution in [2.45, 2.75) is 6.54 Å². The van der Waals surface area contributed by atoms with E-state index in [1.165, 1.54) is 22.9 Å². The summed E-state index contributed by atoms with van der Waals surface area (Å²) in [7, 11) is 0. The summed E-state index contributed by atoms with van der Waals surface area (Å²) in [6.45, 7) is 0.969. The number of nitro groups is 1. The molecule has 0 amide bonds. The fraction of sp³-hybridized carbons (Fsp3) is 0.444. The normalized spacial score (nSPS) is 10.3. The van der Waals surface area contributed by atoms with Crippen molar-refractivity contribution in [3.8, 4) is 0 Å². The van der Waals surface area contributed by atoms with E-state index in [9.17, 15) is 14.9 Å². The van der Waals surface area contributed by atoms with E-state index in [0.717, 1.165) is 0 Å². The van der Waals surface area contributed by atoms with Gasteiger partial charge in [0, 0.05) is 24.7 Å². The summed E-state index contributed by atoms with van der Waals surface area (Å²) in [6, 6.07) is 2.64. The minimum absolute atomic E-state index is 0.275. The van der Waals surface area contributed by atoms with E-state index in [1.807, 2.05) is 0 Å². The Bertz CT molecular complexity index is 418. The van der Waals surface area contributed by atoms with Crippen LogP contribution in [0.2, 0.25) is 0 Å². The highest BCUT2D eigenvalue weighted by Crippen LogP contribution is 2.01. The molecular formula is C9H11ClN2O4. The lowest BCUT2D eigenvalue weighted by Crippen LogP contribution is -2.23. The van der Waals surface area contributed by atoms with Crippen molar-refractivity contribution >= 4 is 17.3 Å². The zero-order valence-electron chi connectivity index (χ0n) is 8.47. The van der Waals surface area contributed by atoms with Gasteiger partial charge in [-0.05, 0) is 6.07 Å². The predicted octanol–water partition coefficient (Wildman–Crippen LogP) is 1.01. The Kier molecular flexibility index (Phi) is 4.94. The summed E-state index contributed by atoms with van der Waals surface area (Å²) in [5, 5.41) is 10.5. The van der Waals surface area contributed by atoms with Gasteiger partial charge in [0.1, 0.15) is 0 Å². The molecule has 1 aromatic heterocycles. The maximum Gasteiger partial charge on any atom is 0.334 e. The molecule has 0 fully saturated rings. The minimum atomic E-state index is -0.696. The van der Waals surface area contributed by atoms with Gasteiger partial charge in [0.25, 0.3) is 0 Å². The molecule has 0 spiro atoms. The first-order chi connectivity index (χ1) is 7.66. The molecule has 1 heterocycles. The van der Waals surface area contributed by atoms with Crippen molar-refractivity contribution in [3.05, 3.63) is 38.8 Å². The van der Waals surface area contributed by atoms with Crippen LogP contribution in [0.15, 0.2) is 23.1 Å². The first kappa shape index (κ1) is 12.7. The van der Waals surface area contributed by atoms with Crippen LogP contribution in [0.3, 0.4) is 0 Å². The van der Waals surface area contributed by atoms with E-state index < -0.39 is 16.2 Å². The number of halogens is 1. The summed E-state index contributed by atoms with van der Waals surface area (Å²) < 4.78 is 6.32. The highest BCUT2D eigenvalue weighted by molar-refractivity contribution is 6.17. The lowest BCUT2D eigenvalue weighted by atomic mass is 10.4. The zero-order valence-corrected chi connectivity index (χ0v) is 9.22. The van der Waals surface area contributed by atoms with E-state index >= 15 is 0 Å². The first-order valence-corrected chi connectivity index (χ1v) is 5.18. The monoisotopic (exact) mass is 246 g/mol. The Morgan fingerprint density at radius 2 is 2.25 bits per heavy atom. The van der Waals surface area contributed by atoms with Crippen molar-refractivity contribution in [2.75, 3.05) is 19.1 Å². The van der Waals surface area contributed by atoms with Gasteiger partial charge in [0.15, 0.2) is 0 Å². The minimum Gasteiger partial charge on any atom is -0.378 e. The number of hydrogen-bond acceptors (Lipinski definition) is 4. The average molecular weight is 247 g/mol. The van der Waals surface area contributed by atoms with Crippen molar-refractivity contribution in [3.63, 3.8) is 0 Å². The topological polar surface area (TPSA) is 74.4 Å². The molecule has 1 aromatic rings. The van der Waals surface area contributed by atoms with Gasteiger partial charge < -0.3 is 9.30 Å². The summed E-state index contributed by atoms with van der Waals surface area (Å²) in [5.41, 5.74) is -1.05. The number of nitrogens with zero attached hydrogens (tertiary/aromatic N) is 2. The summed E-state index contributed by atoms with van der Waals surface area (Å²) in [4.78, 5) is 21.3. The molecule has 16 heavy (non-hydrogen) atoms. The third-order valence-corrected chi connectivity index (χ3v) is 2.05. The molecule has 0 atom stereocenters. The Balaban J connectivity index is 2.70. The van der Waals surface area contributed by atoms with Crippen molar-refractivity contribution in [1.82, 2.24) is 4.57 Å². The van der Waals surface area contributed by atoms with E-state index in [0.29, 0.717) is 19.1 Å². The van der Waals surface area contributed by atoms with Gasteiger partial charge in [-0.3, -0.25) is 14.9 Å². The molecule has 88 valence electrons. The van der Waals surface area contributed by atoms with Gasteiger partial charge >= 0.3 is 11.2 Å². The van der Waals surface area contributed by atoms with Crippen LogP contribution in [-0.2, 0) is 11.3 Å². The van der Waals surface area contributed by atoms with Crippen LogP contribution >= 0.6 is 11.6 Å². The van der Waals surface area contributed by atoms with Crippen LogP contribution in [0, 0.1) is 10.1 Å².